The zero-order valence-electron chi connectivity index (χ0n) is 11.0. The number of fused-ring (bicyclic) bond motifs is 1. The molecule has 0 saturated carbocycles. The molecule has 7 heteroatoms. The highest BCUT2D eigenvalue weighted by Gasteiger charge is 2.31. The molecule has 2 aromatic rings. The number of hydrogen-bond acceptors (Lipinski definition) is 5. The number of aromatic nitrogens is 1. The number of pyridine rings is 1. The Kier molecular flexibility index (Phi) is 3.03. The largest absolute Gasteiger partial charge is 0.399 e. The quantitative estimate of drug-likeness (QED) is 0.842. The lowest BCUT2D eigenvalue weighted by Gasteiger charge is -2.19. The van der Waals surface area contributed by atoms with Gasteiger partial charge in [0.2, 0.25) is 0 Å². The van der Waals surface area contributed by atoms with Gasteiger partial charge in [-0.1, -0.05) is 6.07 Å². The number of nitriles is 1. The summed E-state index contributed by atoms with van der Waals surface area (Å²) in [6, 6.07) is 9.92. The molecular formula is C14H12N4O2S. The number of nitrogens with two attached hydrogens (primary N) is 1. The Morgan fingerprint density at radius 3 is 2.76 bits per heavy atom. The molecule has 0 atom stereocenters. The Labute approximate surface area is 122 Å². The minimum Gasteiger partial charge on any atom is -0.399 e. The van der Waals surface area contributed by atoms with E-state index in [1.54, 1.807) is 12.1 Å². The monoisotopic (exact) mass is 300 g/mol. The van der Waals surface area contributed by atoms with Crippen molar-refractivity contribution in [2.24, 2.45) is 0 Å². The normalized spacial score (nSPS) is 13.8. The predicted octanol–water partition coefficient (Wildman–Crippen LogP) is 1.29. The number of nitrogen functional groups attached to an aromatic ring is 1. The third-order valence-electron chi connectivity index (χ3n) is 3.40. The summed E-state index contributed by atoms with van der Waals surface area (Å²) in [5, 5.41) is 8.72. The highest BCUT2D eigenvalue weighted by molar-refractivity contribution is 7.92. The van der Waals surface area contributed by atoms with Crippen LogP contribution in [0.25, 0.3) is 0 Å². The highest BCUT2D eigenvalue weighted by Crippen LogP contribution is 2.34. The molecule has 0 bridgehead atoms. The summed E-state index contributed by atoms with van der Waals surface area (Å²) in [5.41, 5.74) is 8.01. The van der Waals surface area contributed by atoms with Crippen LogP contribution in [-0.4, -0.2) is 19.9 Å². The lowest BCUT2D eigenvalue weighted by Crippen LogP contribution is -2.29. The number of benzene rings is 1. The number of hydrogen-bond donors (Lipinski definition) is 1. The zero-order chi connectivity index (χ0) is 15.0. The van der Waals surface area contributed by atoms with Gasteiger partial charge in [0.25, 0.3) is 10.0 Å². The molecule has 0 aliphatic carbocycles. The average Bonchev–Trinajstić information content (AvgIpc) is 2.91. The Balaban J connectivity index is 2.04. The van der Waals surface area contributed by atoms with Crippen LogP contribution >= 0.6 is 0 Å². The van der Waals surface area contributed by atoms with E-state index in [4.69, 9.17) is 11.0 Å². The van der Waals surface area contributed by atoms with Gasteiger partial charge < -0.3 is 5.73 Å². The molecule has 1 aromatic heterocycles. The van der Waals surface area contributed by atoms with Gasteiger partial charge in [0.15, 0.2) is 0 Å². The van der Waals surface area contributed by atoms with Gasteiger partial charge in [0.1, 0.15) is 16.7 Å². The first-order chi connectivity index (χ1) is 10.0. The summed E-state index contributed by atoms with van der Waals surface area (Å²) in [6.07, 6.45) is 1.86. The van der Waals surface area contributed by atoms with E-state index in [0.717, 1.165) is 5.56 Å². The second kappa shape index (κ2) is 4.75. The summed E-state index contributed by atoms with van der Waals surface area (Å²) >= 11 is 0. The molecule has 2 heterocycles. The number of sulfonamides is 1. The maximum absolute atomic E-state index is 12.7. The third-order valence-corrected chi connectivity index (χ3v) is 5.20. The first-order valence-corrected chi connectivity index (χ1v) is 7.73. The fourth-order valence-corrected chi connectivity index (χ4v) is 3.78. The van der Waals surface area contributed by atoms with Crippen molar-refractivity contribution in [3.8, 4) is 6.07 Å². The lowest BCUT2D eigenvalue weighted by atomic mass is 10.1. The summed E-state index contributed by atoms with van der Waals surface area (Å²) < 4.78 is 26.7. The van der Waals surface area contributed by atoms with E-state index in [1.165, 1.54) is 22.6 Å². The van der Waals surface area contributed by atoms with E-state index in [2.05, 4.69) is 4.98 Å². The Bertz CT molecular complexity index is 838. The summed E-state index contributed by atoms with van der Waals surface area (Å²) in [6.45, 7) is 0.376. The fraction of sp³-hybridized carbons (Fsp3) is 0.143. The highest BCUT2D eigenvalue weighted by atomic mass is 32.2. The zero-order valence-corrected chi connectivity index (χ0v) is 11.8. The van der Waals surface area contributed by atoms with Gasteiger partial charge in [0, 0.05) is 18.4 Å². The van der Waals surface area contributed by atoms with E-state index in [0.29, 0.717) is 24.3 Å². The van der Waals surface area contributed by atoms with E-state index in [1.807, 2.05) is 12.1 Å². The van der Waals surface area contributed by atoms with Gasteiger partial charge >= 0.3 is 0 Å². The molecule has 21 heavy (non-hydrogen) atoms. The first kappa shape index (κ1) is 13.4. The van der Waals surface area contributed by atoms with Gasteiger partial charge in [-0.2, -0.15) is 5.26 Å². The molecule has 0 amide bonds. The van der Waals surface area contributed by atoms with Gasteiger partial charge in [-0.3, -0.25) is 4.31 Å². The molecular weight excluding hydrogens is 288 g/mol. The minimum atomic E-state index is -3.69. The molecule has 106 valence electrons. The van der Waals surface area contributed by atoms with Crippen molar-refractivity contribution in [1.82, 2.24) is 4.98 Å². The van der Waals surface area contributed by atoms with Crippen LogP contribution in [0.1, 0.15) is 11.3 Å². The summed E-state index contributed by atoms with van der Waals surface area (Å²) in [4.78, 5) is 3.88. The Morgan fingerprint density at radius 1 is 1.29 bits per heavy atom. The van der Waals surface area contributed by atoms with Crippen molar-refractivity contribution < 1.29 is 8.42 Å². The SMILES string of the molecule is N#Cc1ccc(S(=O)(=O)N2CCc3ccc(N)cc32)cn1. The van der Waals surface area contributed by atoms with Crippen molar-refractivity contribution in [1.29, 1.82) is 5.26 Å². The topological polar surface area (TPSA) is 100 Å². The predicted molar refractivity (Wildman–Crippen MR) is 78.0 cm³/mol. The van der Waals surface area contributed by atoms with Gasteiger partial charge in [-0.25, -0.2) is 13.4 Å². The fourth-order valence-electron chi connectivity index (χ4n) is 2.34. The molecule has 3 rings (SSSR count). The summed E-state index contributed by atoms with van der Waals surface area (Å²) in [5.74, 6) is 0. The van der Waals surface area contributed by atoms with Crippen molar-refractivity contribution in [3.63, 3.8) is 0 Å². The molecule has 1 aliphatic heterocycles. The second-order valence-corrected chi connectivity index (χ2v) is 6.57. The Hall–Kier alpha value is -2.59. The molecule has 2 N–H and O–H groups in total. The number of anilines is 2. The maximum atomic E-state index is 12.7. The van der Waals surface area contributed by atoms with E-state index < -0.39 is 10.0 Å². The third kappa shape index (κ3) is 2.19. The van der Waals surface area contributed by atoms with Crippen LogP contribution in [0.5, 0.6) is 0 Å². The summed E-state index contributed by atoms with van der Waals surface area (Å²) in [7, 11) is -3.69. The molecule has 0 radical (unpaired) electrons. The van der Waals surface area contributed by atoms with Crippen molar-refractivity contribution in [2.75, 3.05) is 16.6 Å². The van der Waals surface area contributed by atoms with Crippen LogP contribution in [0.15, 0.2) is 41.4 Å². The van der Waals surface area contributed by atoms with E-state index >= 15 is 0 Å². The van der Waals surface area contributed by atoms with Crippen molar-refractivity contribution >= 4 is 21.4 Å². The molecule has 6 nitrogen and oxygen atoms in total. The molecule has 0 spiro atoms. The first-order valence-electron chi connectivity index (χ1n) is 6.29. The second-order valence-electron chi connectivity index (χ2n) is 4.71. The van der Waals surface area contributed by atoms with Crippen LogP contribution < -0.4 is 10.0 Å². The van der Waals surface area contributed by atoms with Gasteiger partial charge in [0.05, 0.1) is 5.69 Å². The van der Waals surface area contributed by atoms with Gasteiger partial charge in [-0.05, 0) is 36.2 Å². The van der Waals surface area contributed by atoms with Crippen LogP contribution in [0.3, 0.4) is 0 Å². The average molecular weight is 300 g/mol. The standard InChI is InChI=1S/C14H12N4O2S/c15-8-12-3-4-13(9-17-12)21(19,20)18-6-5-10-1-2-11(16)7-14(10)18/h1-4,7,9H,5-6,16H2. The molecule has 0 fully saturated rings. The van der Waals surface area contributed by atoms with Gasteiger partial charge in [-0.15, -0.1) is 0 Å². The maximum Gasteiger partial charge on any atom is 0.265 e. The van der Waals surface area contributed by atoms with Crippen LogP contribution in [0.2, 0.25) is 0 Å². The van der Waals surface area contributed by atoms with Crippen LogP contribution in [-0.2, 0) is 16.4 Å². The number of nitrogens with zero attached hydrogens (tertiary/aromatic N) is 3. The van der Waals surface area contributed by atoms with E-state index in [-0.39, 0.29) is 10.6 Å². The van der Waals surface area contributed by atoms with Crippen molar-refractivity contribution in [3.05, 3.63) is 47.8 Å². The van der Waals surface area contributed by atoms with E-state index in [9.17, 15) is 8.42 Å². The molecule has 1 aromatic carbocycles. The van der Waals surface area contributed by atoms with Crippen LogP contribution in [0, 0.1) is 11.3 Å². The van der Waals surface area contributed by atoms with Crippen molar-refractivity contribution in [2.45, 2.75) is 11.3 Å². The molecule has 1 aliphatic rings. The minimum absolute atomic E-state index is 0.0665. The molecule has 0 unspecified atom stereocenters. The smallest absolute Gasteiger partial charge is 0.265 e. The van der Waals surface area contributed by atoms with Crippen LogP contribution in [0.4, 0.5) is 11.4 Å². The lowest BCUT2D eigenvalue weighted by molar-refractivity contribution is 0.592. The number of rotatable bonds is 2. The molecule has 0 saturated heterocycles. The Morgan fingerprint density at radius 2 is 2.10 bits per heavy atom.